The largest absolute Gasteiger partial charge is 0.295 e. The molecule has 0 fully saturated rings. The van der Waals surface area contributed by atoms with Crippen LogP contribution in [0, 0.1) is 27.2 Å². The third-order valence-electron chi connectivity index (χ3n) is 4.98. The maximum atomic E-state index is 12.8. The zero-order valence-electron chi connectivity index (χ0n) is 17.9. The zero-order valence-corrected chi connectivity index (χ0v) is 18.8. The molecule has 0 spiro atoms. The van der Waals surface area contributed by atoms with Crippen molar-refractivity contribution >= 4 is 21.5 Å². The van der Waals surface area contributed by atoms with Gasteiger partial charge < -0.3 is 0 Å². The topological polar surface area (TPSA) is 200 Å². The molecule has 14 heteroatoms. The van der Waals surface area contributed by atoms with Crippen LogP contribution in [0.15, 0.2) is 73.0 Å². The number of hydrogen-bond acceptors (Lipinski definition) is 10. The lowest BCUT2D eigenvalue weighted by molar-refractivity contribution is -0.385. The van der Waals surface area contributed by atoms with Crippen LogP contribution in [0.5, 0.6) is 0 Å². The fraction of sp³-hybridized carbons (Fsp3) is 0.143. The number of benzene rings is 3. The van der Waals surface area contributed by atoms with Crippen LogP contribution in [0.3, 0.4) is 0 Å². The molecule has 0 unspecified atom stereocenters. The van der Waals surface area contributed by atoms with E-state index in [0.29, 0.717) is 17.2 Å². The summed E-state index contributed by atoms with van der Waals surface area (Å²) >= 11 is 0. The number of nitro benzene ring substituents is 2. The van der Waals surface area contributed by atoms with Crippen LogP contribution in [0.2, 0.25) is 0 Å². The van der Waals surface area contributed by atoms with Gasteiger partial charge >= 0.3 is 0 Å². The molecule has 0 aliphatic carbocycles. The van der Waals surface area contributed by atoms with Gasteiger partial charge in [-0.25, -0.2) is 0 Å². The molecule has 13 nitrogen and oxygen atoms in total. The van der Waals surface area contributed by atoms with E-state index < -0.39 is 53.3 Å². The van der Waals surface area contributed by atoms with Crippen molar-refractivity contribution in [3.8, 4) is 0 Å². The average Bonchev–Trinajstić information content (AvgIpc) is 2.78. The van der Waals surface area contributed by atoms with E-state index in [1.165, 1.54) is 24.3 Å². The minimum absolute atomic E-state index is 0.00797. The molecule has 0 heterocycles. The number of nitrogens with zero attached hydrogens (tertiary/aromatic N) is 4. The van der Waals surface area contributed by atoms with Crippen molar-refractivity contribution in [1.82, 2.24) is 0 Å². The second-order valence-corrected chi connectivity index (χ2v) is 8.68. The number of nitro groups is 2. The Bertz CT molecular complexity index is 1690. The molecule has 0 aliphatic heterocycles. The summed E-state index contributed by atoms with van der Waals surface area (Å²) in [5, 5.41) is 21.1. The highest BCUT2D eigenvalue weighted by molar-refractivity contribution is 7.85. The van der Waals surface area contributed by atoms with E-state index >= 15 is 0 Å². The van der Waals surface area contributed by atoms with Gasteiger partial charge in [-0.3, -0.25) is 44.4 Å². The lowest BCUT2D eigenvalue weighted by atomic mass is 10.1. The first-order chi connectivity index (χ1) is 16.4. The lowest BCUT2D eigenvalue weighted by Crippen LogP contribution is -2.47. The molecule has 35 heavy (non-hydrogen) atoms. The molecule has 0 aromatic heterocycles. The van der Waals surface area contributed by atoms with Crippen LogP contribution in [0.4, 0.5) is 11.4 Å². The lowest BCUT2D eigenvalue weighted by Gasteiger charge is -2.04. The van der Waals surface area contributed by atoms with E-state index in [1.807, 2.05) is 0 Å². The van der Waals surface area contributed by atoms with Gasteiger partial charge in [0.25, 0.3) is 21.5 Å². The standard InChI is InChI=1S/C21H16N4O9S/c1-12-8-15(24(28)29)4-2-13(12)10-22-17-6-7-18(26)20(21(17)27)23-11-14-3-5-16(25(30)31)9-19(14)35(32,33)34/h2-9H,10-11H2,1H3,(H,32,33,34). The summed E-state index contributed by atoms with van der Waals surface area (Å²) in [6.45, 7) is 1.10. The van der Waals surface area contributed by atoms with Gasteiger partial charge in [0.1, 0.15) is 10.3 Å². The summed E-state index contributed by atoms with van der Waals surface area (Å²) < 4.78 is 32.7. The van der Waals surface area contributed by atoms with E-state index in [4.69, 9.17) is 0 Å². The first kappa shape index (κ1) is 25.2. The van der Waals surface area contributed by atoms with Gasteiger partial charge in [-0.1, -0.05) is 6.07 Å². The molecule has 0 aliphatic rings. The highest BCUT2D eigenvalue weighted by Crippen LogP contribution is 2.22. The van der Waals surface area contributed by atoms with Gasteiger partial charge in [0, 0.05) is 24.3 Å². The Labute approximate surface area is 196 Å². The third-order valence-corrected chi connectivity index (χ3v) is 5.91. The molecular formula is C21H16N4O9S. The van der Waals surface area contributed by atoms with E-state index in [1.54, 1.807) is 6.92 Å². The molecule has 3 rings (SSSR count). The van der Waals surface area contributed by atoms with Crippen molar-refractivity contribution < 1.29 is 22.8 Å². The Hall–Kier alpha value is -4.43. The van der Waals surface area contributed by atoms with Crippen LogP contribution in [-0.4, -0.2) is 22.8 Å². The number of aryl methyl sites for hydroxylation is 1. The van der Waals surface area contributed by atoms with Crippen molar-refractivity contribution in [3.63, 3.8) is 0 Å². The molecule has 3 aromatic carbocycles. The quantitative estimate of drug-likeness (QED) is 0.277. The highest BCUT2D eigenvalue weighted by Gasteiger charge is 2.20. The minimum Gasteiger partial charge on any atom is -0.287 e. The van der Waals surface area contributed by atoms with Crippen LogP contribution >= 0.6 is 0 Å². The SMILES string of the molecule is Cc1cc([N+](=O)[O-])ccc1CN=c1ccc(=O)c(=NCc2ccc([N+](=O)[O-])cc2S(=O)(=O)O)c1=O. The summed E-state index contributed by atoms with van der Waals surface area (Å²) in [7, 11) is -4.86. The Morgan fingerprint density at radius 2 is 1.43 bits per heavy atom. The first-order valence-electron chi connectivity index (χ1n) is 9.73. The number of non-ortho nitro benzene ring substituents is 2. The second kappa shape index (κ2) is 9.82. The summed E-state index contributed by atoms with van der Waals surface area (Å²) in [4.78, 5) is 52.6. The second-order valence-electron chi connectivity index (χ2n) is 7.29. The predicted octanol–water partition coefficient (Wildman–Crippen LogP) is 0.856. The number of hydrogen-bond donors (Lipinski definition) is 1. The first-order valence-corrected chi connectivity index (χ1v) is 11.2. The van der Waals surface area contributed by atoms with Gasteiger partial charge in [-0.2, -0.15) is 8.42 Å². The van der Waals surface area contributed by atoms with E-state index in [0.717, 1.165) is 18.2 Å². The fourth-order valence-corrected chi connectivity index (χ4v) is 3.88. The summed E-state index contributed by atoms with van der Waals surface area (Å²) in [5.41, 5.74) is -1.23. The Kier molecular flexibility index (Phi) is 7.07. The normalized spacial score (nSPS) is 12.6. The molecule has 3 aromatic rings. The van der Waals surface area contributed by atoms with Crippen LogP contribution in [-0.2, 0) is 23.2 Å². The monoisotopic (exact) mass is 500 g/mol. The van der Waals surface area contributed by atoms with E-state index in [9.17, 15) is 42.8 Å². The maximum absolute atomic E-state index is 12.8. The molecule has 180 valence electrons. The third kappa shape index (κ3) is 5.74. The molecule has 0 saturated heterocycles. The molecule has 0 bridgehead atoms. The van der Waals surface area contributed by atoms with Gasteiger partial charge in [-0.15, -0.1) is 0 Å². The Morgan fingerprint density at radius 3 is 2.00 bits per heavy atom. The Morgan fingerprint density at radius 1 is 0.857 bits per heavy atom. The van der Waals surface area contributed by atoms with Crippen molar-refractivity contribution in [2.24, 2.45) is 9.98 Å². The molecule has 0 atom stereocenters. The highest BCUT2D eigenvalue weighted by atomic mass is 32.2. The van der Waals surface area contributed by atoms with Gasteiger partial charge in [0.05, 0.1) is 22.9 Å². The van der Waals surface area contributed by atoms with Crippen molar-refractivity contribution in [3.05, 3.63) is 117 Å². The van der Waals surface area contributed by atoms with Crippen LogP contribution < -0.4 is 21.6 Å². The molecule has 0 amide bonds. The fourth-order valence-electron chi connectivity index (χ4n) is 3.15. The van der Waals surface area contributed by atoms with Crippen molar-refractivity contribution in [1.29, 1.82) is 0 Å². The molecule has 0 saturated carbocycles. The molecular weight excluding hydrogens is 484 g/mol. The molecule has 1 N–H and O–H groups in total. The zero-order chi connectivity index (χ0) is 25.9. The Balaban J connectivity index is 2.02. The van der Waals surface area contributed by atoms with Crippen LogP contribution in [0.25, 0.3) is 0 Å². The predicted molar refractivity (Wildman–Crippen MR) is 121 cm³/mol. The summed E-state index contributed by atoms with van der Waals surface area (Å²) in [5.74, 6) is 0. The van der Waals surface area contributed by atoms with E-state index in [2.05, 4.69) is 9.98 Å². The summed E-state index contributed by atoms with van der Waals surface area (Å²) in [6, 6.07) is 9.10. The van der Waals surface area contributed by atoms with Gasteiger partial charge in [0.15, 0.2) is 5.36 Å². The minimum atomic E-state index is -4.86. The van der Waals surface area contributed by atoms with E-state index in [-0.39, 0.29) is 23.2 Å². The van der Waals surface area contributed by atoms with Gasteiger partial charge in [0.2, 0.25) is 10.9 Å². The summed E-state index contributed by atoms with van der Waals surface area (Å²) in [6.07, 6.45) is 0. The van der Waals surface area contributed by atoms with Gasteiger partial charge in [-0.05, 0) is 41.8 Å². The average molecular weight is 500 g/mol. The maximum Gasteiger partial charge on any atom is 0.295 e. The van der Waals surface area contributed by atoms with Crippen LogP contribution in [0.1, 0.15) is 16.7 Å². The van der Waals surface area contributed by atoms with Crippen molar-refractivity contribution in [2.45, 2.75) is 24.9 Å². The number of rotatable bonds is 7. The smallest absolute Gasteiger partial charge is 0.287 e. The van der Waals surface area contributed by atoms with Crippen molar-refractivity contribution in [2.75, 3.05) is 0 Å². The molecule has 0 radical (unpaired) electrons.